The zero-order chi connectivity index (χ0) is 9.68. The summed E-state index contributed by atoms with van der Waals surface area (Å²) >= 11 is 0. The molecule has 0 radical (unpaired) electrons. The highest BCUT2D eigenvalue weighted by Gasteiger charge is 2.02. The predicted molar refractivity (Wildman–Crippen MR) is 50.2 cm³/mol. The van der Waals surface area contributed by atoms with Crippen LogP contribution in [0.3, 0.4) is 0 Å². The van der Waals surface area contributed by atoms with E-state index in [1.807, 2.05) is 13.8 Å². The van der Waals surface area contributed by atoms with E-state index in [-0.39, 0.29) is 6.10 Å². The molecule has 1 rings (SSSR count). The second kappa shape index (κ2) is 4.61. The molecular weight excluding hydrogens is 168 g/mol. The Bertz CT molecular complexity index is 266. The Morgan fingerprint density at radius 3 is 3.00 bits per heavy atom. The fourth-order valence-corrected chi connectivity index (χ4v) is 0.764. The molecule has 0 aromatic carbocycles. The molecule has 72 valence electrons. The van der Waals surface area contributed by atoms with Crippen LogP contribution in [0.4, 0.5) is 5.82 Å². The van der Waals surface area contributed by atoms with E-state index >= 15 is 0 Å². The number of anilines is 1. The van der Waals surface area contributed by atoms with Crippen LogP contribution in [0.15, 0.2) is 12.4 Å². The highest BCUT2D eigenvalue weighted by molar-refractivity contribution is 5.31. The van der Waals surface area contributed by atoms with Gasteiger partial charge in [-0.1, -0.05) is 6.92 Å². The summed E-state index contributed by atoms with van der Waals surface area (Å²) in [4.78, 5) is 7.97. The maximum atomic E-state index is 5.44. The number of rotatable bonds is 4. The van der Waals surface area contributed by atoms with Gasteiger partial charge in [-0.05, 0) is 13.3 Å². The Morgan fingerprint density at radius 1 is 1.62 bits per heavy atom. The van der Waals surface area contributed by atoms with Gasteiger partial charge in [0.25, 0.3) is 0 Å². The summed E-state index contributed by atoms with van der Waals surface area (Å²) in [7, 11) is 0. The van der Waals surface area contributed by atoms with E-state index in [0.29, 0.717) is 11.7 Å². The third-order valence-electron chi connectivity index (χ3n) is 1.66. The van der Waals surface area contributed by atoms with Crippen LogP contribution in [0.25, 0.3) is 0 Å². The molecule has 1 unspecified atom stereocenters. The molecule has 3 N–H and O–H groups in total. The third kappa shape index (κ3) is 2.87. The summed E-state index contributed by atoms with van der Waals surface area (Å²) in [6.07, 6.45) is 4.17. The summed E-state index contributed by atoms with van der Waals surface area (Å²) in [5, 5.41) is 0. The number of ether oxygens (including phenoxy) is 1. The molecule has 0 aliphatic heterocycles. The van der Waals surface area contributed by atoms with Crippen LogP contribution in [0, 0.1) is 0 Å². The molecule has 5 heteroatoms. The van der Waals surface area contributed by atoms with Gasteiger partial charge in [-0.3, -0.25) is 4.98 Å². The lowest BCUT2D eigenvalue weighted by atomic mass is 10.3. The Labute approximate surface area is 77.3 Å². The molecule has 13 heavy (non-hydrogen) atoms. The SMILES string of the molecule is CCC(C)Oc1cncc(NN)n1. The van der Waals surface area contributed by atoms with Gasteiger partial charge in [-0.25, -0.2) is 5.84 Å². The lowest BCUT2D eigenvalue weighted by Gasteiger charge is -2.11. The van der Waals surface area contributed by atoms with Gasteiger partial charge in [0, 0.05) is 0 Å². The van der Waals surface area contributed by atoms with Gasteiger partial charge >= 0.3 is 0 Å². The minimum Gasteiger partial charge on any atom is -0.474 e. The van der Waals surface area contributed by atoms with E-state index in [1.54, 1.807) is 6.20 Å². The molecule has 0 saturated carbocycles. The molecule has 0 fully saturated rings. The fourth-order valence-electron chi connectivity index (χ4n) is 0.764. The summed E-state index contributed by atoms with van der Waals surface area (Å²) in [6.45, 7) is 4.02. The Balaban J connectivity index is 2.66. The van der Waals surface area contributed by atoms with Gasteiger partial charge in [0.1, 0.15) is 0 Å². The quantitative estimate of drug-likeness (QED) is 0.535. The second-order valence-electron chi connectivity index (χ2n) is 2.72. The smallest absolute Gasteiger partial charge is 0.234 e. The molecule has 1 aromatic rings. The first kappa shape index (κ1) is 9.73. The second-order valence-corrected chi connectivity index (χ2v) is 2.72. The van der Waals surface area contributed by atoms with Crippen LogP contribution in [0.1, 0.15) is 20.3 Å². The van der Waals surface area contributed by atoms with Gasteiger partial charge < -0.3 is 10.2 Å². The topological polar surface area (TPSA) is 73.1 Å². The number of aromatic nitrogens is 2. The standard InChI is InChI=1S/C8H14N4O/c1-3-6(2)13-8-5-10-4-7(11-8)12-9/h4-6H,3,9H2,1-2H3,(H,11,12). The van der Waals surface area contributed by atoms with Gasteiger partial charge in [0.15, 0.2) is 5.82 Å². The Morgan fingerprint density at radius 2 is 2.38 bits per heavy atom. The number of hydrogen-bond acceptors (Lipinski definition) is 5. The van der Waals surface area contributed by atoms with E-state index in [9.17, 15) is 0 Å². The first-order valence-electron chi connectivity index (χ1n) is 4.21. The highest BCUT2D eigenvalue weighted by atomic mass is 16.5. The molecule has 0 spiro atoms. The first-order valence-corrected chi connectivity index (χ1v) is 4.21. The monoisotopic (exact) mass is 182 g/mol. The van der Waals surface area contributed by atoms with E-state index < -0.39 is 0 Å². The predicted octanol–water partition coefficient (Wildman–Crippen LogP) is 0.939. The zero-order valence-electron chi connectivity index (χ0n) is 7.82. The van der Waals surface area contributed by atoms with Crippen molar-refractivity contribution >= 4 is 5.82 Å². The number of nitrogens with zero attached hydrogens (tertiary/aromatic N) is 2. The van der Waals surface area contributed by atoms with Crippen LogP contribution in [0.2, 0.25) is 0 Å². The van der Waals surface area contributed by atoms with Crippen molar-refractivity contribution < 1.29 is 4.74 Å². The molecule has 1 aromatic heterocycles. The number of hydrazine groups is 1. The van der Waals surface area contributed by atoms with Crippen LogP contribution in [-0.2, 0) is 0 Å². The lowest BCUT2D eigenvalue weighted by molar-refractivity contribution is 0.208. The van der Waals surface area contributed by atoms with Crippen molar-refractivity contribution in [2.24, 2.45) is 5.84 Å². The molecule has 0 saturated heterocycles. The number of nitrogen functional groups attached to an aromatic ring is 1. The van der Waals surface area contributed by atoms with Crippen molar-refractivity contribution in [3.8, 4) is 5.88 Å². The summed E-state index contributed by atoms with van der Waals surface area (Å²) in [6, 6.07) is 0. The van der Waals surface area contributed by atoms with Gasteiger partial charge in [0.05, 0.1) is 18.5 Å². The fraction of sp³-hybridized carbons (Fsp3) is 0.500. The van der Waals surface area contributed by atoms with Crippen molar-refractivity contribution in [3.05, 3.63) is 12.4 Å². The van der Waals surface area contributed by atoms with Crippen LogP contribution in [-0.4, -0.2) is 16.1 Å². The van der Waals surface area contributed by atoms with Crippen LogP contribution >= 0.6 is 0 Å². The third-order valence-corrected chi connectivity index (χ3v) is 1.66. The largest absolute Gasteiger partial charge is 0.474 e. The van der Waals surface area contributed by atoms with Crippen molar-refractivity contribution in [2.45, 2.75) is 26.4 Å². The number of nitrogens with one attached hydrogen (secondary N) is 1. The van der Waals surface area contributed by atoms with Gasteiger partial charge in [-0.2, -0.15) is 4.98 Å². The van der Waals surface area contributed by atoms with Crippen LogP contribution in [0.5, 0.6) is 5.88 Å². The minimum atomic E-state index is 0.141. The minimum absolute atomic E-state index is 0.141. The summed E-state index contributed by atoms with van der Waals surface area (Å²) < 4.78 is 5.44. The summed E-state index contributed by atoms with van der Waals surface area (Å²) in [5.74, 6) is 6.17. The molecule has 1 atom stereocenters. The maximum absolute atomic E-state index is 5.44. The molecule has 0 amide bonds. The molecule has 0 bridgehead atoms. The van der Waals surface area contributed by atoms with Gasteiger partial charge in [-0.15, -0.1) is 0 Å². The lowest BCUT2D eigenvalue weighted by Crippen LogP contribution is -2.13. The number of hydrogen-bond donors (Lipinski definition) is 2. The van der Waals surface area contributed by atoms with Crippen LogP contribution < -0.4 is 16.0 Å². The summed E-state index contributed by atoms with van der Waals surface area (Å²) in [5.41, 5.74) is 2.40. The highest BCUT2D eigenvalue weighted by Crippen LogP contribution is 2.10. The van der Waals surface area contributed by atoms with Crippen molar-refractivity contribution in [1.29, 1.82) is 0 Å². The molecule has 5 nitrogen and oxygen atoms in total. The van der Waals surface area contributed by atoms with E-state index in [4.69, 9.17) is 10.6 Å². The Kier molecular flexibility index (Phi) is 3.45. The van der Waals surface area contributed by atoms with Gasteiger partial charge in [0.2, 0.25) is 5.88 Å². The molecule has 0 aliphatic rings. The zero-order valence-corrected chi connectivity index (χ0v) is 7.82. The van der Waals surface area contributed by atoms with E-state index in [0.717, 1.165) is 6.42 Å². The Hall–Kier alpha value is -1.36. The van der Waals surface area contributed by atoms with Crippen molar-refractivity contribution in [3.63, 3.8) is 0 Å². The molecule has 1 heterocycles. The maximum Gasteiger partial charge on any atom is 0.234 e. The molecule has 0 aliphatic carbocycles. The van der Waals surface area contributed by atoms with E-state index in [2.05, 4.69) is 15.4 Å². The number of nitrogens with two attached hydrogens (primary N) is 1. The average Bonchev–Trinajstić information content (AvgIpc) is 2.18. The average molecular weight is 182 g/mol. The van der Waals surface area contributed by atoms with Crippen molar-refractivity contribution in [1.82, 2.24) is 9.97 Å². The van der Waals surface area contributed by atoms with E-state index in [1.165, 1.54) is 6.20 Å². The first-order chi connectivity index (χ1) is 6.26. The molecular formula is C8H14N4O. The normalized spacial score (nSPS) is 12.2. The van der Waals surface area contributed by atoms with Crippen molar-refractivity contribution in [2.75, 3.05) is 5.43 Å².